The van der Waals surface area contributed by atoms with Gasteiger partial charge < -0.3 is 15.3 Å². The van der Waals surface area contributed by atoms with Gasteiger partial charge in [-0.2, -0.15) is 0 Å². The van der Waals surface area contributed by atoms with E-state index in [0.717, 1.165) is 24.5 Å². The topological polar surface area (TPSA) is 35.5 Å². The summed E-state index contributed by atoms with van der Waals surface area (Å²) in [6, 6.07) is 8.34. The number of hydrogen-bond donors (Lipinski definition) is 2. The van der Waals surface area contributed by atoms with E-state index in [1.807, 2.05) is 26.1 Å². The van der Waals surface area contributed by atoms with Crippen molar-refractivity contribution in [3.63, 3.8) is 0 Å². The molecule has 1 aromatic rings. The summed E-state index contributed by atoms with van der Waals surface area (Å²) in [7, 11) is 2.04. The third-order valence-corrected chi connectivity index (χ3v) is 3.35. The van der Waals surface area contributed by atoms with Crippen LogP contribution >= 0.6 is 11.6 Å². The van der Waals surface area contributed by atoms with Gasteiger partial charge in [-0.15, -0.1) is 0 Å². The van der Waals surface area contributed by atoms with Crippen molar-refractivity contribution in [3.8, 4) is 0 Å². The Bertz CT molecular complexity index is 354. The third-order valence-electron chi connectivity index (χ3n) is 3.10. The Hall–Kier alpha value is -0.610. The average Bonchev–Trinajstić information content (AvgIpc) is 2.35. The molecule has 0 bridgehead atoms. The van der Waals surface area contributed by atoms with Crippen LogP contribution in [-0.4, -0.2) is 42.8 Å². The van der Waals surface area contributed by atoms with Gasteiger partial charge >= 0.3 is 0 Å². The van der Waals surface area contributed by atoms with Crippen molar-refractivity contribution in [3.05, 3.63) is 34.9 Å². The molecule has 0 spiro atoms. The molecule has 0 aliphatic carbocycles. The van der Waals surface area contributed by atoms with Gasteiger partial charge in [0.25, 0.3) is 0 Å². The number of halogens is 1. The minimum Gasteiger partial charge on any atom is -0.392 e. The summed E-state index contributed by atoms with van der Waals surface area (Å²) < 4.78 is 0. The van der Waals surface area contributed by atoms with E-state index in [2.05, 4.69) is 29.3 Å². The Labute approximate surface area is 121 Å². The van der Waals surface area contributed by atoms with E-state index in [1.54, 1.807) is 0 Å². The molecule has 0 aromatic heterocycles. The van der Waals surface area contributed by atoms with Crippen LogP contribution in [0.25, 0.3) is 0 Å². The van der Waals surface area contributed by atoms with Gasteiger partial charge in [-0.3, -0.25) is 0 Å². The molecule has 0 aliphatic heterocycles. The standard InChI is InChI=1S/C15H25ClN2O/c1-4-17-15(9-10-18(3)11-12(2)19)13-5-7-14(16)8-6-13/h5-8,12,15,17,19H,4,9-11H2,1-3H3. The summed E-state index contributed by atoms with van der Waals surface area (Å²) >= 11 is 5.92. The van der Waals surface area contributed by atoms with Crippen LogP contribution in [0, 0.1) is 0 Å². The van der Waals surface area contributed by atoms with Crippen LogP contribution in [0.1, 0.15) is 31.9 Å². The highest BCUT2D eigenvalue weighted by molar-refractivity contribution is 6.30. The summed E-state index contributed by atoms with van der Waals surface area (Å²) in [5.74, 6) is 0. The minimum absolute atomic E-state index is 0.280. The first kappa shape index (κ1) is 16.4. The SMILES string of the molecule is CCNC(CCN(C)CC(C)O)c1ccc(Cl)cc1. The van der Waals surface area contributed by atoms with Crippen molar-refractivity contribution in [2.75, 3.05) is 26.7 Å². The lowest BCUT2D eigenvalue weighted by molar-refractivity contribution is 0.139. The average molecular weight is 285 g/mol. The molecule has 0 amide bonds. The van der Waals surface area contributed by atoms with Crippen LogP contribution in [0.2, 0.25) is 5.02 Å². The largest absolute Gasteiger partial charge is 0.392 e. The summed E-state index contributed by atoms with van der Waals surface area (Å²) in [5, 5.41) is 13.6. The molecule has 0 saturated carbocycles. The van der Waals surface area contributed by atoms with Crippen molar-refractivity contribution in [1.29, 1.82) is 0 Å². The Morgan fingerprint density at radius 2 is 1.95 bits per heavy atom. The summed E-state index contributed by atoms with van der Waals surface area (Å²) in [6.45, 7) is 6.53. The predicted molar refractivity (Wildman–Crippen MR) is 81.7 cm³/mol. The van der Waals surface area contributed by atoms with E-state index in [-0.39, 0.29) is 6.10 Å². The van der Waals surface area contributed by atoms with Crippen molar-refractivity contribution < 1.29 is 5.11 Å². The number of rotatable bonds is 8. The minimum atomic E-state index is -0.280. The van der Waals surface area contributed by atoms with Gasteiger partial charge in [-0.25, -0.2) is 0 Å². The summed E-state index contributed by atoms with van der Waals surface area (Å²) in [6.07, 6.45) is 0.733. The van der Waals surface area contributed by atoms with Crippen molar-refractivity contribution in [2.24, 2.45) is 0 Å². The maximum atomic E-state index is 9.37. The number of benzene rings is 1. The van der Waals surface area contributed by atoms with Crippen molar-refractivity contribution in [1.82, 2.24) is 10.2 Å². The molecule has 0 radical (unpaired) electrons. The van der Waals surface area contributed by atoms with Crippen molar-refractivity contribution >= 4 is 11.6 Å². The molecule has 0 aliphatic rings. The van der Waals surface area contributed by atoms with Gasteiger partial charge in [0, 0.05) is 17.6 Å². The van der Waals surface area contributed by atoms with E-state index in [9.17, 15) is 5.11 Å². The number of aliphatic hydroxyl groups excluding tert-OH is 1. The number of aliphatic hydroxyl groups is 1. The third kappa shape index (κ3) is 6.39. The Balaban J connectivity index is 2.55. The zero-order chi connectivity index (χ0) is 14.3. The highest BCUT2D eigenvalue weighted by Crippen LogP contribution is 2.19. The molecule has 0 saturated heterocycles. The van der Waals surface area contributed by atoms with Gasteiger partial charge in [0.05, 0.1) is 6.10 Å². The molecule has 0 fully saturated rings. The zero-order valence-corrected chi connectivity index (χ0v) is 12.8. The highest BCUT2D eigenvalue weighted by atomic mass is 35.5. The normalized spacial score (nSPS) is 14.6. The second-order valence-electron chi connectivity index (χ2n) is 5.06. The Morgan fingerprint density at radius 3 is 2.47 bits per heavy atom. The first-order valence-corrected chi connectivity index (χ1v) is 7.26. The van der Waals surface area contributed by atoms with Gasteiger partial charge in [0.1, 0.15) is 0 Å². The molecule has 19 heavy (non-hydrogen) atoms. The fourth-order valence-electron chi connectivity index (χ4n) is 2.22. The zero-order valence-electron chi connectivity index (χ0n) is 12.1. The van der Waals surface area contributed by atoms with Gasteiger partial charge in [-0.05, 0) is 51.2 Å². The Morgan fingerprint density at radius 1 is 1.32 bits per heavy atom. The smallest absolute Gasteiger partial charge is 0.0638 e. The molecule has 3 nitrogen and oxygen atoms in total. The van der Waals surface area contributed by atoms with Crippen LogP contribution in [0.3, 0.4) is 0 Å². The lowest BCUT2D eigenvalue weighted by Crippen LogP contribution is -2.31. The number of likely N-dealkylation sites (N-methyl/N-ethyl adjacent to an activating group) is 1. The molecular formula is C15H25ClN2O. The van der Waals surface area contributed by atoms with Crippen LogP contribution in [0.4, 0.5) is 0 Å². The van der Waals surface area contributed by atoms with Crippen LogP contribution in [0.5, 0.6) is 0 Å². The quantitative estimate of drug-likeness (QED) is 0.770. The van der Waals surface area contributed by atoms with Crippen molar-refractivity contribution in [2.45, 2.75) is 32.4 Å². The lowest BCUT2D eigenvalue weighted by atomic mass is 10.0. The molecule has 2 unspecified atom stereocenters. The fourth-order valence-corrected chi connectivity index (χ4v) is 2.35. The van der Waals surface area contributed by atoms with Crippen LogP contribution in [0.15, 0.2) is 24.3 Å². The van der Waals surface area contributed by atoms with Crippen LogP contribution < -0.4 is 5.32 Å². The fraction of sp³-hybridized carbons (Fsp3) is 0.600. The first-order chi connectivity index (χ1) is 9.02. The van der Waals surface area contributed by atoms with E-state index in [4.69, 9.17) is 11.6 Å². The molecule has 0 heterocycles. The first-order valence-electron chi connectivity index (χ1n) is 6.88. The highest BCUT2D eigenvalue weighted by Gasteiger charge is 2.12. The van der Waals surface area contributed by atoms with Gasteiger partial charge in [-0.1, -0.05) is 30.7 Å². The maximum Gasteiger partial charge on any atom is 0.0638 e. The molecule has 2 atom stereocenters. The molecule has 2 N–H and O–H groups in total. The molecule has 1 aromatic carbocycles. The Kier molecular flexibility index (Phi) is 7.39. The van der Waals surface area contributed by atoms with E-state index < -0.39 is 0 Å². The number of nitrogens with one attached hydrogen (secondary N) is 1. The second kappa shape index (κ2) is 8.54. The van der Waals surface area contributed by atoms with Gasteiger partial charge in [0.15, 0.2) is 0 Å². The van der Waals surface area contributed by atoms with E-state index >= 15 is 0 Å². The summed E-state index contributed by atoms with van der Waals surface area (Å²) in [4.78, 5) is 2.16. The monoisotopic (exact) mass is 284 g/mol. The van der Waals surface area contributed by atoms with E-state index in [1.165, 1.54) is 5.56 Å². The van der Waals surface area contributed by atoms with Gasteiger partial charge in [0.2, 0.25) is 0 Å². The van der Waals surface area contributed by atoms with E-state index in [0.29, 0.717) is 12.6 Å². The molecule has 4 heteroatoms. The predicted octanol–water partition coefficient (Wildman–Crippen LogP) is 2.69. The summed E-state index contributed by atoms with van der Waals surface area (Å²) in [5.41, 5.74) is 1.26. The molecule has 1 rings (SSSR count). The maximum absolute atomic E-state index is 9.37. The number of nitrogens with zero attached hydrogens (tertiary/aromatic N) is 1. The second-order valence-corrected chi connectivity index (χ2v) is 5.50. The lowest BCUT2D eigenvalue weighted by Gasteiger charge is -2.23. The molecule has 108 valence electrons. The number of hydrogen-bond acceptors (Lipinski definition) is 3. The van der Waals surface area contributed by atoms with Crippen LogP contribution in [-0.2, 0) is 0 Å². The molecular weight excluding hydrogens is 260 g/mol.